The van der Waals surface area contributed by atoms with Crippen LogP contribution in [0.2, 0.25) is 0 Å². The minimum atomic E-state index is -0.631. The fraction of sp³-hybridized carbons (Fsp3) is 0.684. The minimum absolute atomic E-state index is 0.0177. The van der Waals surface area contributed by atoms with Gasteiger partial charge in [-0.05, 0) is 12.7 Å². The lowest BCUT2D eigenvalue weighted by atomic mass is 10.1. The Morgan fingerprint density at radius 3 is 2.57 bits per heavy atom. The summed E-state index contributed by atoms with van der Waals surface area (Å²) in [6.45, 7) is 3.23. The van der Waals surface area contributed by atoms with Crippen molar-refractivity contribution >= 4 is 35.4 Å². The molecular weight excluding hydrogens is 380 g/mol. The highest BCUT2D eigenvalue weighted by Gasteiger charge is 2.37. The van der Waals surface area contributed by atoms with Crippen molar-refractivity contribution in [1.29, 1.82) is 0 Å². The third-order valence-corrected chi connectivity index (χ3v) is 5.70. The van der Waals surface area contributed by atoms with Gasteiger partial charge in [-0.3, -0.25) is 9.59 Å². The van der Waals surface area contributed by atoms with Crippen LogP contribution in [0.3, 0.4) is 0 Å². The second-order valence-electron chi connectivity index (χ2n) is 7.02. The van der Waals surface area contributed by atoms with Crippen molar-refractivity contribution in [3.63, 3.8) is 0 Å². The van der Waals surface area contributed by atoms with Crippen molar-refractivity contribution in [3.8, 4) is 0 Å². The van der Waals surface area contributed by atoms with E-state index in [0.717, 1.165) is 17.5 Å². The topological polar surface area (TPSA) is 108 Å². The van der Waals surface area contributed by atoms with Crippen LogP contribution in [0, 0.1) is 5.92 Å². The first-order chi connectivity index (χ1) is 13.4. The number of rotatable bonds is 10. The number of nitrogens with zero attached hydrogens (tertiary/aromatic N) is 3. The van der Waals surface area contributed by atoms with E-state index >= 15 is 0 Å². The molecule has 2 heterocycles. The zero-order valence-electron chi connectivity index (χ0n) is 16.9. The summed E-state index contributed by atoms with van der Waals surface area (Å²) in [6.07, 6.45) is 8.79. The van der Waals surface area contributed by atoms with E-state index in [2.05, 4.69) is 12.0 Å². The van der Waals surface area contributed by atoms with Crippen LogP contribution in [0.4, 0.5) is 5.82 Å². The molecule has 2 rings (SSSR count). The van der Waals surface area contributed by atoms with E-state index in [9.17, 15) is 14.4 Å². The van der Waals surface area contributed by atoms with Gasteiger partial charge in [0.25, 0.3) is 5.91 Å². The van der Waals surface area contributed by atoms with E-state index in [0.29, 0.717) is 18.1 Å². The highest BCUT2D eigenvalue weighted by molar-refractivity contribution is 7.98. The molecule has 1 amide bonds. The number of esters is 1. The van der Waals surface area contributed by atoms with Crippen LogP contribution in [-0.4, -0.2) is 58.9 Å². The molecule has 1 aliphatic heterocycles. The van der Waals surface area contributed by atoms with Crippen LogP contribution in [0.15, 0.2) is 5.03 Å². The van der Waals surface area contributed by atoms with Crippen LogP contribution in [0.1, 0.15) is 67.0 Å². The molecule has 9 heteroatoms. The Labute approximate surface area is 170 Å². The number of hydrogen-bond donors (Lipinski definition) is 1. The number of nitrogens with two attached hydrogens (primary N) is 1. The number of unbranched alkanes of at least 4 members (excludes halogenated alkanes) is 5. The molecule has 0 saturated carbocycles. The van der Waals surface area contributed by atoms with Crippen molar-refractivity contribution in [3.05, 3.63) is 5.56 Å². The van der Waals surface area contributed by atoms with E-state index < -0.39 is 11.9 Å². The van der Waals surface area contributed by atoms with Gasteiger partial charge in [0.2, 0.25) is 5.91 Å². The standard InChI is InChI=1S/C19H30N4O4S/c1-4-5-6-7-8-9-10-22-12-13(11-14(22)24)18(25)23-16(20)15(19(26)27-2)17(21-23)28-3/h13H,4-12,20H2,1-3H3. The first-order valence-corrected chi connectivity index (χ1v) is 11.0. The number of likely N-dealkylation sites (tertiary alicyclic amines) is 1. The van der Waals surface area contributed by atoms with Crippen LogP contribution in [-0.2, 0) is 9.53 Å². The molecule has 0 radical (unpaired) electrons. The smallest absolute Gasteiger partial charge is 0.344 e. The molecule has 8 nitrogen and oxygen atoms in total. The number of thioether (sulfide) groups is 1. The fourth-order valence-electron chi connectivity index (χ4n) is 3.42. The van der Waals surface area contributed by atoms with Crippen LogP contribution in [0.25, 0.3) is 0 Å². The lowest BCUT2D eigenvalue weighted by Crippen LogP contribution is -2.29. The average molecular weight is 411 g/mol. The van der Waals surface area contributed by atoms with Gasteiger partial charge in [0.1, 0.15) is 16.4 Å². The summed E-state index contributed by atoms with van der Waals surface area (Å²) in [7, 11) is 1.25. The van der Waals surface area contributed by atoms with Crippen molar-refractivity contribution in [2.24, 2.45) is 5.92 Å². The number of carbonyl (C=O) groups is 3. The molecule has 156 valence electrons. The molecule has 1 saturated heterocycles. The monoisotopic (exact) mass is 410 g/mol. The van der Waals surface area contributed by atoms with E-state index in [1.165, 1.54) is 44.6 Å². The van der Waals surface area contributed by atoms with Crippen LogP contribution in [0.5, 0.6) is 0 Å². The molecule has 1 fully saturated rings. The molecule has 0 spiro atoms. The fourth-order valence-corrected chi connectivity index (χ4v) is 3.98. The number of methoxy groups -OCH3 is 1. The summed E-state index contributed by atoms with van der Waals surface area (Å²) in [6, 6.07) is 0. The number of ether oxygens (including phenoxy) is 1. The predicted octanol–water partition coefficient (Wildman–Crippen LogP) is 2.82. The van der Waals surface area contributed by atoms with E-state index in [1.807, 2.05) is 0 Å². The van der Waals surface area contributed by atoms with Gasteiger partial charge in [0.05, 0.1) is 13.0 Å². The van der Waals surface area contributed by atoms with Crippen molar-refractivity contribution in [2.75, 3.05) is 32.2 Å². The molecule has 1 atom stereocenters. The summed E-state index contributed by atoms with van der Waals surface area (Å²) < 4.78 is 5.78. The van der Waals surface area contributed by atoms with Crippen molar-refractivity contribution in [1.82, 2.24) is 14.7 Å². The maximum Gasteiger partial charge on any atom is 0.344 e. The predicted molar refractivity (Wildman–Crippen MR) is 108 cm³/mol. The Morgan fingerprint density at radius 2 is 1.93 bits per heavy atom. The Balaban J connectivity index is 1.99. The SMILES string of the molecule is CCCCCCCCN1CC(C(=O)n2nc(SC)c(C(=O)OC)c2N)CC1=O. The number of hydrogen-bond acceptors (Lipinski definition) is 7. The van der Waals surface area contributed by atoms with Crippen molar-refractivity contribution in [2.45, 2.75) is 56.9 Å². The molecule has 1 aliphatic rings. The van der Waals surface area contributed by atoms with Gasteiger partial charge in [-0.15, -0.1) is 11.8 Å². The molecule has 1 aromatic rings. The molecule has 1 aromatic heterocycles. The second kappa shape index (κ2) is 10.5. The first-order valence-electron chi connectivity index (χ1n) is 9.77. The summed E-state index contributed by atoms with van der Waals surface area (Å²) in [5, 5.41) is 4.51. The summed E-state index contributed by atoms with van der Waals surface area (Å²) in [5.74, 6) is -1.55. The van der Waals surface area contributed by atoms with Gasteiger partial charge in [-0.2, -0.15) is 9.78 Å². The quantitative estimate of drug-likeness (QED) is 0.359. The lowest BCUT2D eigenvalue weighted by molar-refractivity contribution is -0.127. The maximum absolute atomic E-state index is 12.9. The zero-order valence-corrected chi connectivity index (χ0v) is 17.7. The molecule has 0 aromatic carbocycles. The number of amides is 1. The van der Waals surface area contributed by atoms with Gasteiger partial charge in [-0.1, -0.05) is 39.0 Å². The van der Waals surface area contributed by atoms with Gasteiger partial charge < -0.3 is 15.4 Å². The maximum atomic E-state index is 12.9. The first kappa shape index (κ1) is 22.3. The number of aromatic nitrogens is 2. The van der Waals surface area contributed by atoms with Gasteiger partial charge in [0, 0.05) is 19.5 Å². The summed E-state index contributed by atoms with van der Waals surface area (Å²) in [5.41, 5.74) is 6.09. The molecule has 0 bridgehead atoms. The molecule has 28 heavy (non-hydrogen) atoms. The molecular formula is C19H30N4O4S. The molecule has 2 N–H and O–H groups in total. The zero-order chi connectivity index (χ0) is 20.7. The van der Waals surface area contributed by atoms with Gasteiger partial charge in [-0.25, -0.2) is 4.79 Å². The van der Waals surface area contributed by atoms with E-state index in [4.69, 9.17) is 10.5 Å². The number of anilines is 1. The minimum Gasteiger partial charge on any atom is -0.465 e. The van der Waals surface area contributed by atoms with E-state index in [1.54, 1.807) is 11.2 Å². The summed E-state index contributed by atoms with van der Waals surface area (Å²) >= 11 is 1.21. The normalized spacial score (nSPS) is 16.6. The third kappa shape index (κ3) is 5.06. The summed E-state index contributed by atoms with van der Waals surface area (Å²) in [4.78, 5) is 38.9. The number of nitrogen functional groups attached to an aromatic ring is 1. The lowest BCUT2D eigenvalue weighted by Gasteiger charge is -2.16. The van der Waals surface area contributed by atoms with Crippen molar-refractivity contribution < 1.29 is 19.1 Å². The third-order valence-electron chi connectivity index (χ3n) is 5.03. The highest BCUT2D eigenvalue weighted by atomic mass is 32.2. The number of carbonyl (C=O) groups excluding carboxylic acids is 3. The van der Waals surface area contributed by atoms with E-state index in [-0.39, 0.29) is 29.6 Å². The second-order valence-corrected chi connectivity index (χ2v) is 7.81. The van der Waals surface area contributed by atoms with Crippen LogP contribution >= 0.6 is 11.8 Å². The molecule has 0 aliphatic carbocycles. The van der Waals surface area contributed by atoms with Gasteiger partial charge in [0.15, 0.2) is 0 Å². The average Bonchev–Trinajstić information content (AvgIpc) is 3.23. The Kier molecular flexibility index (Phi) is 8.35. The molecule has 1 unspecified atom stereocenters. The Morgan fingerprint density at radius 1 is 1.25 bits per heavy atom. The largest absolute Gasteiger partial charge is 0.465 e. The Bertz CT molecular complexity index is 719. The highest BCUT2D eigenvalue weighted by Crippen LogP contribution is 2.28. The van der Waals surface area contributed by atoms with Gasteiger partial charge >= 0.3 is 5.97 Å². The Hall–Kier alpha value is -2.03. The van der Waals surface area contributed by atoms with Crippen LogP contribution < -0.4 is 5.73 Å².